The molecule has 2 saturated heterocycles. The summed E-state index contributed by atoms with van der Waals surface area (Å²) < 4.78 is 26.8. The van der Waals surface area contributed by atoms with Gasteiger partial charge >= 0.3 is 0 Å². The summed E-state index contributed by atoms with van der Waals surface area (Å²) in [6, 6.07) is 0.368. The smallest absolute Gasteiger partial charge is 0.215 e. The van der Waals surface area contributed by atoms with Crippen molar-refractivity contribution in [2.75, 3.05) is 33.2 Å². The van der Waals surface area contributed by atoms with Crippen LogP contribution in [-0.2, 0) is 10.0 Å². The zero-order valence-electron chi connectivity index (χ0n) is 10.5. The number of likely N-dealkylation sites (tertiary alicyclic amines) is 1. The summed E-state index contributed by atoms with van der Waals surface area (Å²) in [5, 5.41) is 2.86. The van der Waals surface area contributed by atoms with E-state index in [1.807, 2.05) is 0 Å². The second-order valence-corrected chi connectivity index (χ2v) is 7.18. The van der Waals surface area contributed by atoms with E-state index in [9.17, 15) is 8.42 Å². The lowest BCUT2D eigenvalue weighted by Gasteiger charge is -2.32. The van der Waals surface area contributed by atoms with Crippen LogP contribution >= 0.6 is 0 Å². The Balaban J connectivity index is 1.84. The third-order valence-corrected chi connectivity index (χ3v) is 5.74. The van der Waals surface area contributed by atoms with E-state index in [2.05, 4.69) is 22.0 Å². The average molecular weight is 261 g/mol. The molecule has 0 saturated carbocycles. The van der Waals surface area contributed by atoms with Crippen LogP contribution in [0.25, 0.3) is 0 Å². The summed E-state index contributed by atoms with van der Waals surface area (Å²) >= 11 is 0. The minimum absolute atomic E-state index is 0.239. The molecule has 0 spiro atoms. The highest BCUT2D eigenvalue weighted by Gasteiger charge is 2.29. The van der Waals surface area contributed by atoms with E-state index in [0.29, 0.717) is 19.1 Å². The first-order chi connectivity index (χ1) is 8.09. The fourth-order valence-corrected chi connectivity index (χ4v) is 4.05. The van der Waals surface area contributed by atoms with Crippen molar-refractivity contribution in [2.24, 2.45) is 0 Å². The molecule has 0 aromatic rings. The van der Waals surface area contributed by atoms with Gasteiger partial charge in [0.2, 0.25) is 10.0 Å². The fourth-order valence-electron chi connectivity index (χ4n) is 2.63. The van der Waals surface area contributed by atoms with E-state index in [1.54, 1.807) is 0 Å². The van der Waals surface area contributed by atoms with Crippen LogP contribution in [0.1, 0.15) is 25.7 Å². The molecular formula is C11H23N3O2S. The summed E-state index contributed by atoms with van der Waals surface area (Å²) in [5.41, 5.74) is 0. The second-order valence-electron chi connectivity index (χ2n) is 5.14. The molecule has 0 aromatic carbocycles. The molecule has 5 nitrogen and oxygen atoms in total. The Bertz CT molecular complexity index is 339. The molecule has 6 heteroatoms. The van der Waals surface area contributed by atoms with Gasteiger partial charge in [-0.2, -0.15) is 0 Å². The maximum atomic E-state index is 12.0. The van der Waals surface area contributed by atoms with Crippen molar-refractivity contribution in [1.29, 1.82) is 0 Å². The molecule has 2 atom stereocenters. The van der Waals surface area contributed by atoms with Crippen molar-refractivity contribution in [1.82, 2.24) is 14.9 Å². The Morgan fingerprint density at radius 3 is 2.82 bits per heavy atom. The van der Waals surface area contributed by atoms with E-state index in [4.69, 9.17) is 0 Å². The van der Waals surface area contributed by atoms with Crippen molar-refractivity contribution in [3.63, 3.8) is 0 Å². The highest BCUT2D eigenvalue weighted by Crippen LogP contribution is 2.15. The monoisotopic (exact) mass is 261 g/mol. The molecule has 0 radical (unpaired) electrons. The Labute approximate surface area is 104 Å². The lowest BCUT2D eigenvalue weighted by molar-refractivity contribution is 0.187. The van der Waals surface area contributed by atoms with Gasteiger partial charge in [0, 0.05) is 19.1 Å². The number of likely N-dealkylation sites (N-methyl/N-ethyl adjacent to an activating group) is 1. The zero-order valence-corrected chi connectivity index (χ0v) is 11.3. The summed E-state index contributed by atoms with van der Waals surface area (Å²) in [7, 11) is -1.04. The Morgan fingerprint density at radius 2 is 2.18 bits per heavy atom. The number of sulfonamides is 1. The van der Waals surface area contributed by atoms with Crippen LogP contribution in [-0.4, -0.2) is 57.8 Å². The number of piperidine rings is 1. The third-order valence-electron chi connectivity index (χ3n) is 3.90. The number of nitrogens with one attached hydrogen (secondary N) is 2. The average Bonchev–Trinajstić information content (AvgIpc) is 2.82. The van der Waals surface area contributed by atoms with Crippen molar-refractivity contribution in [3.8, 4) is 0 Å². The van der Waals surface area contributed by atoms with E-state index in [-0.39, 0.29) is 5.25 Å². The largest absolute Gasteiger partial charge is 0.315 e. The molecule has 2 aliphatic heterocycles. The summed E-state index contributed by atoms with van der Waals surface area (Å²) in [6.45, 7) is 3.05. The van der Waals surface area contributed by atoms with Gasteiger partial charge in [0.25, 0.3) is 0 Å². The molecule has 0 amide bonds. The van der Waals surface area contributed by atoms with Gasteiger partial charge < -0.3 is 10.2 Å². The van der Waals surface area contributed by atoms with Gasteiger partial charge in [-0.15, -0.1) is 0 Å². The molecular weight excluding hydrogens is 238 g/mol. The molecule has 2 N–H and O–H groups in total. The van der Waals surface area contributed by atoms with Crippen LogP contribution in [0.4, 0.5) is 0 Å². The quantitative estimate of drug-likeness (QED) is 0.733. The first-order valence-corrected chi connectivity index (χ1v) is 8.03. The standard InChI is InChI=1S/C11H23N3O2S/c1-14-7-3-2-4-10(14)8-13-17(15,16)11-5-6-12-9-11/h10-13H,2-9H2,1H3. The van der Waals surface area contributed by atoms with Gasteiger partial charge in [-0.25, -0.2) is 13.1 Å². The van der Waals surface area contributed by atoms with Crippen molar-refractivity contribution < 1.29 is 8.42 Å². The van der Waals surface area contributed by atoms with Crippen molar-refractivity contribution >= 4 is 10.0 Å². The van der Waals surface area contributed by atoms with Gasteiger partial charge in [0.1, 0.15) is 0 Å². The summed E-state index contributed by atoms with van der Waals surface area (Å²) in [6.07, 6.45) is 4.27. The number of nitrogens with zero attached hydrogens (tertiary/aromatic N) is 1. The summed E-state index contributed by atoms with van der Waals surface area (Å²) in [5.74, 6) is 0. The summed E-state index contributed by atoms with van der Waals surface area (Å²) in [4.78, 5) is 2.26. The highest BCUT2D eigenvalue weighted by atomic mass is 32.2. The number of hydrogen-bond donors (Lipinski definition) is 2. The molecule has 2 heterocycles. The van der Waals surface area contributed by atoms with E-state index in [1.165, 1.54) is 12.8 Å². The van der Waals surface area contributed by atoms with E-state index in [0.717, 1.165) is 25.9 Å². The molecule has 17 heavy (non-hydrogen) atoms. The maximum absolute atomic E-state index is 12.0. The first kappa shape index (κ1) is 13.3. The van der Waals surface area contributed by atoms with Crippen molar-refractivity contribution in [2.45, 2.75) is 37.0 Å². The van der Waals surface area contributed by atoms with E-state index < -0.39 is 10.0 Å². The molecule has 0 aromatic heterocycles. The Hall–Kier alpha value is -0.170. The number of hydrogen-bond acceptors (Lipinski definition) is 4. The van der Waals surface area contributed by atoms with Crippen LogP contribution in [0, 0.1) is 0 Å². The van der Waals surface area contributed by atoms with Gasteiger partial charge in [0.05, 0.1) is 5.25 Å². The molecule has 2 unspecified atom stereocenters. The first-order valence-electron chi connectivity index (χ1n) is 6.49. The SMILES string of the molecule is CN1CCCCC1CNS(=O)(=O)C1CCNC1. The van der Waals surface area contributed by atoms with Gasteiger partial charge in [-0.3, -0.25) is 0 Å². The zero-order chi connectivity index (χ0) is 12.3. The Kier molecular flexibility index (Phi) is 4.41. The lowest BCUT2D eigenvalue weighted by atomic mass is 10.0. The minimum atomic E-state index is -3.12. The van der Waals surface area contributed by atoms with E-state index >= 15 is 0 Å². The van der Waals surface area contributed by atoms with Crippen molar-refractivity contribution in [3.05, 3.63) is 0 Å². The van der Waals surface area contributed by atoms with Crippen LogP contribution in [0.2, 0.25) is 0 Å². The fraction of sp³-hybridized carbons (Fsp3) is 1.00. The van der Waals surface area contributed by atoms with Crippen LogP contribution < -0.4 is 10.0 Å². The third kappa shape index (κ3) is 3.40. The van der Waals surface area contributed by atoms with Gasteiger partial charge in [-0.1, -0.05) is 6.42 Å². The van der Waals surface area contributed by atoms with Gasteiger partial charge in [-0.05, 0) is 39.4 Å². The predicted molar refractivity (Wildman–Crippen MR) is 68.5 cm³/mol. The molecule has 2 fully saturated rings. The lowest BCUT2D eigenvalue weighted by Crippen LogP contribution is -2.46. The maximum Gasteiger partial charge on any atom is 0.215 e. The minimum Gasteiger partial charge on any atom is -0.315 e. The molecule has 2 rings (SSSR count). The Morgan fingerprint density at radius 1 is 1.35 bits per heavy atom. The molecule has 0 aliphatic carbocycles. The molecule has 2 aliphatic rings. The highest BCUT2D eigenvalue weighted by molar-refractivity contribution is 7.90. The van der Waals surface area contributed by atoms with Crippen LogP contribution in [0.5, 0.6) is 0 Å². The molecule has 0 bridgehead atoms. The van der Waals surface area contributed by atoms with Crippen LogP contribution in [0.3, 0.4) is 0 Å². The topological polar surface area (TPSA) is 61.4 Å². The molecule has 100 valence electrons. The second kappa shape index (κ2) is 5.65. The van der Waals surface area contributed by atoms with Gasteiger partial charge in [0.15, 0.2) is 0 Å². The predicted octanol–water partition coefficient (Wildman–Crippen LogP) is -0.248. The number of rotatable bonds is 4. The normalized spacial score (nSPS) is 31.8. The van der Waals surface area contributed by atoms with Crippen LogP contribution in [0.15, 0.2) is 0 Å².